The Morgan fingerprint density at radius 1 is 1.14 bits per heavy atom. The highest BCUT2D eigenvalue weighted by molar-refractivity contribution is 9.13. The second-order valence-electron chi connectivity index (χ2n) is 3.93. The Morgan fingerprint density at radius 2 is 1.57 bits per heavy atom. The van der Waals surface area contributed by atoms with Gasteiger partial charge in [0, 0.05) is 11.8 Å². The maximum absolute atomic E-state index is 11.6. The molecule has 1 aliphatic heterocycles. The first kappa shape index (κ1) is 9.09. The Bertz CT molecular complexity index is 358. The normalized spacial score (nSPS) is 53.9. The first-order valence-corrected chi connectivity index (χ1v) is 5.92. The number of esters is 2. The van der Waals surface area contributed by atoms with Crippen LogP contribution in [0.15, 0.2) is 12.2 Å². The SMILES string of the molecule is O=C1OC(=O)[C@]2(Br)[C@H]3C=C[C@H](C3)[C@@]12Br. The molecular weight excluding hydrogens is 316 g/mol. The predicted molar refractivity (Wildman–Crippen MR) is 55.2 cm³/mol. The highest BCUT2D eigenvalue weighted by Crippen LogP contribution is 2.65. The van der Waals surface area contributed by atoms with Crippen molar-refractivity contribution in [3.05, 3.63) is 12.2 Å². The molecule has 0 aromatic heterocycles. The third kappa shape index (κ3) is 0.662. The molecule has 2 aliphatic carbocycles. The Morgan fingerprint density at radius 3 is 2.00 bits per heavy atom. The Balaban J connectivity index is 2.26. The number of allylic oxidation sites excluding steroid dienone is 2. The van der Waals surface area contributed by atoms with Crippen LogP contribution in [0.5, 0.6) is 0 Å². The van der Waals surface area contributed by atoms with Gasteiger partial charge in [0.15, 0.2) is 8.65 Å². The minimum absolute atomic E-state index is 0.0609. The molecule has 3 aliphatic rings. The van der Waals surface area contributed by atoms with Gasteiger partial charge in [0.05, 0.1) is 0 Å². The van der Waals surface area contributed by atoms with Gasteiger partial charge in [-0.3, -0.25) is 0 Å². The Kier molecular flexibility index (Phi) is 1.51. The number of rotatable bonds is 0. The van der Waals surface area contributed by atoms with E-state index in [9.17, 15) is 9.59 Å². The molecule has 3 rings (SSSR count). The van der Waals surface area contributed by atoms with Crippen molar-refractivity contribution in [2.45, 2.75) is 15.1 Å². The van der Waals surface area contributed by atoms with E-state index >= 15 is 0 Å². The summed E-state index contributed by atoms with van der Waals surface area (Å²) in [7, 11) is 0. The molecule has 3 nitrogen and oxygen atoms in total. The summed E-state index contributed by atoms with van der Waals surface area (Å²) in [5.74, 6) is -0.802. The number of carbonyl (C=O) groups excluding carboxylic acids is 2. The van der Waals surface area contributed by atoms with Crippen LogP contribution in [0.2, 0.25) is 0 Å². The van der Waals surface area contributed by atoms with E-state index in [4.69, 9.17) is 4.74 Å². The summed E-state index contributed by atoms with van der Waals surface area (Å²) in [6.45, 7) is 0. The zero-order valence-electron chi connectivity index (χ0n) is 7.00. The molecule has 0 radical (unpaired) electrons. The lowest BCUT2D eigenvalue weighted by atomic mass is 9.84. The summed E-state index contributed by atoms with van der Waals surface area (Å²) >= 11 is 6.80. The van der Waals surface area contributed by atoms with Crippen molar-refractivity contribution in [1.82, 2.24) is 0 Å². The Hall–Kier alpha value is -0.160. The van der Waals surface area contributed by atoms with E-state index in [0.29, 0.717) is 0 Å². The molecule has 1 heterocycles. The fraction of sp³-hybridized carbons (Fsp3) is 0.556. The number of cyclic esters (lactones) is 2. The lowest BCUT2D eigenvalue weighted by Gasteiger charge is -2.31. The van der Waals surface area contributed by atoms with E-state index in [1.165, 1.54) is 0 Å². The fourth-order valence-electron chi connectivity index (χ4n) is 2.66. The minimum Gasteiger partial charge on any atom is -0.391 e. The third-order valence-electron chi connectivity index (χ3n) is 3.41. The number of hydrogen-bond donors (Lipinski definition) is 0. The van der Waals surface area contributed by atoms with Crippen molar-refractivity contribution < 1.29 is 14.3 Å². The highest BCUT2D eigenvalue weighted by Gasteiger charge is 2.77. The number of fused-ring (bicyclic) bond motifs is 5. The predicted octanol–water partition coefficient (Wildman–Crippen LogP) is 1.54. The monoisotopic (exact) mass is 320 g/mol. The van der Waals surface area contributed by atoms with Gasteiger partial charge >= 0.3 is 11.9 Å². The van der Waals surface area contributed by atoms with E-state index in [0.717, 1.165) is 6.42 Å². The molecule has 5 heteroatoms. The van der Waals surface area contributed by atoms with Gasteiger partial charge in [-0.05, 0) is 6.42 Å². The largest absolute Gasteiger partial charge is 0.391 e. The van der Waals surface area contributed by atoms with Gasteiger partial charge < -0.3 is 4.74 Å². The molecule has 2 bridgehead atoms. The molecule has 14 heavy (non-hydrogen) atoms. The maximum Gasteiger partial charge on any atom is 0.333 e. The summed E-state index contributed by atoms with van der Waals surface area (Å²) in [6, 6.07) is 0. The van der Waals surface area contributed by atoms with Crippen molar-refractivity contribution in [2.75, 3.05) is 0 Å². The zero-order valence-corrected chi connectivity index (χ0v) is 10.2. The molecule has 0 aromatic rings. The number of carbonyl (C=O) groups is 2. The fourth-order valence-corrected chi connectivity index (χ4v) is 4.41. The van der Waals surface area contributed by atoms with Gasteiger partial charge in [0.1, 0.15) is 0 Å². The van der Waals surface area contributed by atoms with Crippen LogP contribution < -0.4 is 0 Å². The van der Waals surface area contributed by atoms with Crippen molar-refractivity contribution in [3.63, 3.8) is 0 Å². The first-order chi connectivity index (χ1) is 6.51. The third-order valence-corrected chi connectivity index (χ3v) is 7.02. The van der Waals surface area contributed by atoms with Crippen LogP contribution in [0, 0.1) is 11.8 Å². The summed E-state index contributed by atoms with van der Waals surface area (Å²) < 4.78 is 2.95. The Labute approximate surface area is 97.1 Å². The molecular formula is C9H6Br2O3. The van der Waals surface area contributed by atoms with Crippen LogP contribution in [-0.2, 0) is 14.3 Å². The smallest absolute Gasteiger partial charge is 0.333 e. The van der Waals surface area contributed by atoms with Crippen LogP contribution in [0.1, 0.15) is 6.42 Å². The molecule has 74 valence electrons. The molecule has 0 N–H and O–H groups in total. The lowest BCUT2D eigenvalue weighted by molar-refractivity contribution is -0.153. The van der Waals surface area contributed by atoms with Crippen molar-refractivity contribution >= 4 is 43.8 Å². The number of hydrogen-bond acceptors (Lipinski definition) is 3. The van der Waals surface area contributed by atoms with E-state index in [-0.39, 0.29) is 11.8 Å². The molecule has 0 spiro atoms. The van der Waals surface area contributed by atoms with Crippen LogP contribution >= 0.6 is 31.9 Å². The molecule has 1 saturated carbocycles. The second-order valence-corrected chi connectivity index (χ2v) is 6.44. The zero-order chi connectivity index (χ0) is 10.1. The highest BCUT2D eigenvalue weighted by atomic mass is 79.9. The van der Waals surface area contributed by atoms with Gasteiger partial charge in [-0.15, -0.1) is 0 Å². The quantitative estimate of drug-likeness (QED) is 0.294. The van der Waals surface area contributed by atoms with Crippen molar-refractivity contribution in [1.29, 1.82) is 0 Å². The summed E-state index contributed by atoms with van der Waals surface area (Å²) in [5.41, 5.74) is 0. The average Bonchev–Trinajstić information content (AvgIpc) is 2.73. The van der Waals surface area contributed by atoms with Crippen molar-refractivity contribution in [2.24, 2.45) is 11.8 Å². The van der Waals surface area contributed by atoms with Crippen LogP contribution in [0.25, 0.3) is 0 Å². The summed E-state index contributed by atoms with van der Waals surface area (Å²) in [6.07, 6.45) is 4.80. The van der Waals surface area contributed by atoms with Gasteiger partial charge in [0.25, 0.3) is 0 Å². The van der Waals surface area contributed by atoms with Crippen molar-refractivity contribution in [3.8, 4) is 0 Å². The van der Waals surface area contributed by atoms with E-state index in [1.54, 1.807) is 0 Å². The lowest BCUT2D eigenvalue weighted by Crippen LogP contribution is -2.50. The first-order valence-electron chi connectivity index (χ1n) is 4.34. The molecule has 0 aromatic carbocycles. The summed E-state index contributed by atoms with van der Waals surface area (Å²) in [4.78, 5) is 23.3. The van der Waals surface area contributed by atoms with Gasteiger partial charge in [-0.1, -0.05) is 44.0 Å². The van der Waals surface area contributed by atoms with E-state index < -0.39 is 20.6 Å². The average molecular weight is 322 g/mol. The van der Waals surface area contributed by atoms with Crippen LogP contribution in [-0.4, -0.2) is 20.6 Å². The maximum atomic E-state index is 11.6. The van der Waals surface area contributed by atoms with Gasteiger partial charge in [-0.25, -0.2) is 9.59 Å². The van der Waals surface area contributed by atoms with E-state index in [2.05, 4.69) is 31.9 Å². The number of alkyl halides is 2. The standard InChI is InChI=1S/C9H6Br2O3/c10-8-4-1-2-5(3-4)9(8,11)7(13)14-6(8)12/h1-2,4-5H,3H2/t4-,5+,8-,9-/m1/s1. The summed E-state index contributed by atoms with van der Waals surface area (Å²) in [5, 5.41) is 0. The molecule has 0 unspecified atom stereocenters. The molecule has 2 fully saturated rings. The number of halogens is 2. The van der Waals surface area contributed by atoms with E-state index in [1.807, 2.05) is 12.2 Å². The number of ether oxygens (including phenoxy) is 1. The topological polar surface area (TPSA) is 43.4 Å². The molecule has 1 saturated heterocycles. The molecule has 4 atom stereocenters. The minimum atomic E-state index is -0.878. The second kappa shape index (κ2) is 2.32. The molecule has 0 amide bonds. The van der Waals surface area contributed by atoms with Gasteiger partial charge in [0.2, 0.25) is 0 Å². The van der Waals surface area contributed by atoms with Crippen LogP contribution in [0.4, 0.5) is 0 Å². The van der Waals surface area contributed by atoms with Crippen LogP contribution in [0.3, 0.4) is 0 Å². The van der Waals surface area contributed by atoms with Gasteiger partial charge in [-0.2, -0.15) is 0 Å².